The number of anilines is 2. The number of para-hydroxylation sites is 1. The molecule has 0 saturated heterocycles. The van der Waals surface area contributed by atoms with Crippen LogP contribution in [0, 0.1) is 0 Å². The molecule has 3 aromatic carbocycles. The molecular formula is C27H25BrN4O4. The molecule has 0 aliphatic carbocycles. The highest BCUT2D eigenvalue weighted by Crippen LogP contribution is 2.36. The van der Waals surface area contributed by atoms with Gasteiger partial charge in [0.25, 0.3) is 0 Å². The minimum Gasteiger partial charge on any atom is -0.463 e. The van der Waals surface area contributed by atoms with Crippen LogP contribution in [0.15, 0.2) is 88.9 Å². The lowest BCUT2D eigenvalue weighted by atomic mass is 9.91. The van der Waals surface area contributed by atoms with Gasteiger partial charge in [-0.3, -0.25) is 4.90 Å². The molecule has 1 unspecified atom stereocenters. The second kappa shape index (κ2) is 11.1. The van der Waals surface area contributed by atoms with Crippen molar-refractivity contribution in [3.63, 3.8) is 0 Å². The Bertz CT molecular complexity index is 1330. The van der Waals surface area contributed by atoms with Crippen molar-refractivity contribution in [2.24, 2.45) is 0 Å². The van der Waals surface area contributed by atoms with Crippen molar-refractivity contribution < 1.29 is 19.1 Å². The monoisotopic (exact) mass is 548 g/mol. The van der Waals surface area contributed by atoms with Gasteiger partial charge in [-0.25, -0.2) is 14.4 Å². The van der Waals surface area contributed by atoms with Crippen LogP contribution in [0.4, 0.5) is 21.0 Å². The van der Waals surface area contributed by atoms with Crippen molar-refractivity contribution >= 4 is 51.0 Å². The first kappa shape index (κ1) is 25.0. The quantitative estimate of drug-likeness (QED) is 0.341. The van der Waals surface area contributed by atoms with Gasteiger partial charge in [-0.2, -0.15) is 0 Å². The van der Waals surface area contributed by atoms with Gasteiger partial charge < -0.3 is 20.7 Å². The average molecular weight is 549 g/mol. The van der Waals surface area contributed by atoms with Crippen molar-refractivity contribution in [1.82, 2.24) is 10.2 Å². The number of urea groups is 2. The number of halogens is 1. The van der Waals surface area contributed by atoms with Gasteiger partial charge in [0.15, 0.2) is 0 Å². The van der Waals surface area contributed by atoms with E-state index in [1.807, 2.05) is 48.5 Å². The highest BCUT2D eigenvalue weighted by molar-refractivity contribution is 9.10. The molecule has 0 spiro atoms. The number of ether oxygens (including phenoxy) is 1. The molecular weight excluding hydrogens is 524 g/mol. The van der Waals surface area contributed by atoms with Gasteiger partial charge in [-0.15, -0.1) is 0 Å². The van der Waals surface area contributed by atoms with Crippen LogP contribution in [0.3, 0.4) is 0 Å². The Hall–Kier alpha value is -4.11. The maximum atomic E-state index is 13.2. The van der Waals surface area contributed by atoms with E-state index in [1.54, 1.807) is 44.3 Å². The van der Waals surface area contributed by atoms with E-state index < -0.39 is 18.0 Å². The van der Waals surface area contributed by atoms with Crippen LogP contribution in [-0.4, -0.2) is 36.6 Å². The number of carbonyl (C=O) groups is 3. The number of hydrogen-bond donors (Lipinski definition) is 3. The van der Waals surface area contributed by atoms with E-state index in [0.29, 0.717) is 33.8 Å². The highest BCUT2D eigenvalue weighted by Gasteiger charge is 2.37. The Morgan fingerprint density at radius 3 is 2.44 bits per heavy atom. The number of amides is 4. The zero-order chi connectivity index (χ0) is 25.7. The van der Waals surface area contributed by atoms with E-state index in [9.17, 15) is 14.4 Å². The van der Waals surface area contributed by atoms with Crippen molar-refractivity contribution in [3.05, 3.63) is 100 Å². The van der Waals surface area contributed by atoms with Gasteiger partial charge in [-0.05, 0) is 58.2 Å². The summed E-state index contributed by atoms with van der Waals surface area (Å²) >= 11 is 3.41. The molecule has 4 amide bonds. The minimum absolute atomic E-state index is 0.186. The molecule has 0 bridgehead atoms. The van der Waals surface area contributed by atoms with E-state index in [2.05, 4.69) is 31.9 Å². The summed E-state index contributed by atoms with van der Waals surface area (Å²) in [7, 11) is 1.61. The van der Waals surface area contributed by atoms with Crippen molar-refractivity contribution in [1.29, 1.82) is 0 Å². The normalized spacial score (nSPS) is 15.2. The molecule has 0 fully saturated rings. The number of rotatable bonds is 6. The second-order valence-corrected chi connectivity index (χ2v) is 8.83. The van der Waals surface area contributed by atoms with Crippen molar-refractivity contribution in [2.45, 2.75) is 13.0 Å². The number of esters is 1. The van der Waals surface area contributed by atoms with E-state index >= 15 is 0 Å². The summed E-state index contributed by atoms with van der Waals surface area (Å²) < 4.78 is 6.13. The fraction of sp³-hybridized carbons (Fsp3) is 0.148. The topological polar surface area (TPSA) is 99.8 Å². The van der Waals surface area contributed by atoms with Crippen LogP contribution in [0.1, 0.15) is 24.1 Å². The highest BCUT2D eigenvalue weighted by atomic mass is 79.9. The first-order valence-electron chi connectivity index (χ1n) is 11.3. The molecule has 1 aliphatic rings. The van der Waals surface area contributed by atoms with E-state index in [1.165, 1.54) is 4.90 Å². The van der Waals surface area contributed by atoms with Gasteiger partial charge >= 0.3 is 18.0 Å². The Morgan fingerprint density at radius 2 is 1.72 bits per heavy atom. The third-order valence-corrected chi connectivity index (χ3v) is 6.29. The van der Waals surface area contributed by atoms with Crippen LogP contribution in [-0.2, 0) is 9.53 Å². The van der Waals surface area contributed by atoms with Crippen molar-refractivity contribution in [3.8, 4) is 0 Å². The fourth-order valence-corrected chi connectivity index (χ4v) is 4.36. The Kier molecular flexibility index (Phi) is 7.70. The predicted octanol–water partition coefficient (Wildman–Crippen LogP) is 5.76. The largest absolute Gasteiger partial charge is 0.463 e. The summed E-state index contributed by atoms with van der Waals surface area (Å²) in [6, 6.07) is 21.9. The number of nitrogens with one attached hydrogen (secondary N) is 3. The number of carbonyl (C=O) groups excluding carboxylic acids is 3. The lowest BCUT2D eigenvalue weighted by Crippen LogP contribution is -2.46. The fourth-order valence-electron chi connectivity index (χ4n) is 3.97. The molecule has 9 heteroatoms. The molecule has 36 heavy (non-hydrogen) atoms. The molecule has 1 atom stereocenters. The van der Waals surface area contributed by atoms with Gasteiger partial charge in [0.05, 0.1) is 29.6 Å². The van der Waals surface area contributed by atoms with Gasteiger partial charge in [0.2, 0.25) is 0 Å². The number of benzene rings is 3. The maximum Gasteiger partial charge on any atom is 0.338 e. The van der Waals surface area contributed by atoms with Crippen LogP contribution >= 0.6 is 15.9 Å². The molecule has 1 aliphatic heterocycles. The van der Waals surface area contributed by atoms with Crippen molar-refractivity contribution in [2.75, 3.05) is 24.3 Å². The van der Waals surface area contributed by atoms with E-state index in [-0.39, 0.29) is 12.6 Å². The van der Waals surface area contributed by atoms with Crippen LogP contribution in [0.2, 0.25) is 0 Å². The summed E-state index contributed by atoms with van der Waals surface area (Å²) in [5.74, 6) is -0.529. The maximum absolute atomic E-state index is 13.2. The molecule has 3 N–H and O–H groups in total. The first-order valence-corrected chi connectivity index (χ1v) is 12.1. The Balaban J connectivity index is 1.70. The summed E-state index contributed by atoms with van der Waals surface area (Å²) in [5, 5.41) is 8.48. The van der Waals surface area contributed by atoms with Crippen LogP contribution in [0.5, 0.6) is 0 Å². The third kappa shape index (κ3) is 5.41. The lowest BCUT2D eigenvalue weighted by Gasteiger charge is -2.35. The minimum atomic E-state index is -0.781. The Labute approximate surface area is 217 Å². The zero-order valence-corrected chi connectivity index (χ0v) is 21.3. The first-order chi connectivity index (χ1) is 17.4. The third-order valence-electron chi connectivity index (χ3n) is 5.59. The lowest BCUT2D eigenvalue weighted by molar-refractivity contribution is -0.138. The van der Waals surface area contributed by atoms with Crippen LogP contribution in [0.25, 0.3) is 5.70 Å². The zero-order valence-electron chi connectivity index (χ0n) is 19.7. The predicted molar refractivity (Wildman–Crippen MR) is 142 cm³/mol. The standard InChI is InChI=1S/C27H25BrN4O4/c1-3-36-25(33)22-23(31-27(35)32(2)24(22)17-10-5-4-6-11-17)18-12-9-13-19(16-18)29-26(34)30-21-15-8-7-14-20(21)28/h4-16,23H,3H2,1-2H3,(H,31,35)(H2,29,30,34). The van der Waals surface area contributed by atoms with Gasteiger partial charge in [0, 0.05) is 17.2 Å². The average Bonchev–Trinajstić information content (AvgIpc) is 2.87. The molecule has 8 nitrogen and oxygen atoms in total. The molecule has 1 heterocycles. The Morgan fingerprint density at radius 1 is 1.00 bits per heavy atom. The van der Waals surface area contributed by atoms with Gasteiger partial charge in [0.1, 0.15) is 0 Å². The molecule has 0 aromatic heterocycles. The van der Waals surface area contributed by atoms with Crippen LogP contribution < -0.4 is 16.0 Å². The molecule has 4 rings (SSSR count). The summed E-state index contributed by atoms with van der Waals surface area (Å²) in [6.07, 6.45) is 0. The summed E-state index contributed by atoms with van der Waals surface area (Å²) in [5.41, 5.74) is 3.22. The smallest absolute Gasteiger partial charge is 0.338 e. The summed E-state index contributed by atoms with van der Waals surface area (Å²) in [4.78, 5) is 40.1. The molecule has 0 radical (unpaired) electrons. The molecule has 184 valence electrons. The molecule has 0 saturated carbocycles. The molecule has 3 aromatic rings. The van der Waals surface area contributed by atoms with E-state index in [4.69, 9.17) is 4.74 Å². The SMILES string of the molecule is CCOC(=O)C1=C(c2ccccc2)N(C)C(=O)NC1c1cccc(NC(=O)Nc2ccccc2Br)c1. The van der Waals surface area contributed by atoms with E-state index in [0.717, 1.165) is 4.47 Å². The summed E-state index contributed by atoms with van der Waals surface area (Å²) in [6.45, 7) is 1.92. The van der Waals surface area contributed by atoms with Gasteiger partial charge in [-0.1, -0.05) is 54.6 Å². The second-order valence-electron chi connectivity index (χ2n) is 7.97. The number of hydrogen-bond acceptors (Lipinski definition) is 4. The number of nitrogens with zero attached hydrogens (tertiary/aromatic N) is 1.